The quantitative estimate of drug-likeness (QED) is 0.917. The number of primary amides is 1. The van der Waals surface area contributed by atoms with E-state index in [2.05, 4.69) is 10.1 Å². The first-order valence-corrected chi connectivity index (χ1v) is 7.15. The highest BCUT2D eigenvalue weighted by Crippen LogP contribution is 2.40. The number of hydrogen-bond acceptors (Lipinski definition) is 3. The lowest BCUT2D eigenvalue weighted by atomic mass is 9.74. The molecule has 0 fully saturated rings. The van der Waals surface area contributed by atoms with Gasteiger partial charge in [0.2, 0.25) is 5.91 Å². The summed E-state index contributed by atoms with van der Waals surface area (Å²) in [6, 6.07) is 5.22. The molecule has 1 aromatic carbocycles. The average molecular weight is 327 g/mol. The average Bonchev–Trinajstić information content (AvgIpc) is 2.89. The number of aromatic nitrogens is 3. The second-order valence-electron chi connectivity index (χ2n) is 5.42. The fraction of sp³-hybridized carbons (Fsp3) is 0.357. The number of benzene rings is 1. The molecule has 2 rings (SSSR count). The number of hydrogen-bond donors (Lipinski definition) is 1. The van der Waals surface area contributed by atoms with Crippen molar-refractivity contribution < 1.29 is 4.79 Å². The van der Waals surface area contributed by atoms with Crippen molar-refractivity contribution in [2.24, 2.45) is 11.1 Å². The molecule has 1 atom stereocenters. The molecule has 1 aromatic heterocycles. The second-order valence-corrected chi connectivity index (χ2v) is 6.27. The zero-order chi connectivity index (χ0) is 15.6. The van der Waals surface area contributed by atoms with Crippen LogP contribution in [-0.2, 0) is 11.3 Å². The topological polar surface area (TPSA) is 73.8 Å². The highest BCUT2D eigenvalue weighted by atomic mass is 35.5. The van der Waals surface area contributed by atoms with Gasteiger partial charge in [0.05, 0.1) is 12.0 Å². The summed E-state index contributed by atoms with van der Waals surface area (Å²) in [6.45, 7) is 4.03. The third kappa shape index (κ3) is 3.36. The van der Waals surface area contributed by atoms with Gasteiger partial charge in [0.15, 0.2) is 0 Å². The van der Waals surface area contributed by atoms with Gasteiger partial charge < -0.3 is 5.73 Å². The predicted molar refractivity (Wildman–Crippen MR) is 82.2 cm³/mol. The Morgan fingerprint density at radius 3 is 2.67 bits per heavy atom. The van der Waals surface area contributed by atoms with E-state index in [9.17, 15) is 4.79 Å². The number of nitrogens with two attached hydrogens (primary N) is 1. The first-order valence-electron chi connectivity index (χ1n) is 6.39. The van der Waals surface area contributed by atoms with E-state index in [0.29, 0.717) is 16.6 Å². The lowest BCUT2D eigenvalue weighted by molar-refractivity contribution is -0.127. The lowest BCUT2D eigenvalue weighted by Crippen LogP contribution is -2.39. The number of nitrogens with zero attached hydrogens (tertiary/aromatic N) is 3. The molecular formula is C14H16Cl2N4O. The molecule has 0 aliphatic carbocycles. The summed E-state index contributed by atoms with van der Waals surface area (Å²) in [6.07, 6.45) is 3.03. The Morgan fingerprint density at radius 1 is 1.43 bits per heavy atom. The van der Waals surface area contributed by atoms with E-state index in [-0.39, 0.29) is 5.92 Å². The number of carbonyl (C=O) groups is 1. The van der Waals surface area contributed by atoms with Crippen molar-refractivity contribution in [3.63, 3.8) is 0 Å². The van der Waals surface area contributed by atoms with Gasteiger partial charge in [-0.1, -0.05) is 43.1 Å². The Balaban J connectivity index is 2.47. The van der Waals surface area contributed by atoms with Crippen LogP contribution in [0.4, 0.5) is 0 Å². The minimum absolute atomic E-state index is 0.249. The Morgan fingerprint density at radius 2 is 2.14 bits per heavy atom. The zero-order valence-corrected chi connectivity index (χ0v) is 13.3. The maximum atomic E-state index is 11.9. The second kappa shape index (κ2) is 6.03. The van der Waals surface area contributed by atoms with Crippen LogP contribution >= 0.6 is 23.2 Å². The summed E-state index contributed by atoms with van der Waals surface area (Å²) in [5.41, 5.74) is 5.57. The zero-order valence-electron chi connectivity index (χ0n) is 11.8. The van der Waals surface area contributed by atoms with Crippen molar-refractivity contribution in [2.75, 3.05) is 0 Å². The van der Waals surface area contributed by atoms with Crippen LogP contribution in [0.2, 0.25) is 10.0 Å². The molecule has 1 amide bonds. The van der Waals surface area contributed by atoms with E-state index in [1.165, 1.54) is 6.33 Å². The Kier molecular flexibility index (Phi) is 4.54. The van der Waals surface area contributed by atoms with Crippen LogP contribution in [-0.4, -0.2) is 20.7 Å². The maximum absolute atomic E-state index is 11.9. The third-order valence-electron chi connectivity index (χ3n) is 3.68. The van der Waals surface area contributed by atoms with Crippen LogP contribution in [0.25, 0.3) is 0 Å². The van der Waals surface area contributed by atoms with E-state index in [0.717, 1.165) is 5.56 Å². The van der Waals surface area contributed by atoms with Crippen LogP contribution in [0.15, 0.2) is 30.9 Å². The first kappa shape index (κ1) is 15.8. The summed E-state index contributed by atoms with van der Waals surface area (Å²) in [7, 11) is 0. The van der Waals surface area contributed by atoms with Gasteiger partial charge in [-0.05, 0) is 17.7 Å². The van der Waals surface area contributed by atoms with Crippen molar-refractivity contribution in [3.05, 3.63) is 46.5 Å². The van der Waals surface area contributed by atoms with Crippen molar-refractivity contribution in [3.8, 4) is 0 Å². The number of halogens is 2. The summed E-state index contributed by atoms with van der Waals surface area (Å²) in [5.74, 6) is -0.653. The highest BCUT2D eigenvalue weighted by Gasteiger charge is 2.37. The van der Waals surface area contributed by atoms with Gasteiger partial charge in [0.25, 0.3) is 0 Å². The molecule has 0 aliphatic rings. The Bertz CT molecular complexity index is 640. The molecule has 0 spiro atoms. The van der Waals surface area contributed by atoms with Crippen molar-refractivity contribution in [1.29, 1.82) is 0 Å². The van der Waals surface area contributed by atoms with Crippen LogP contribution in [0.1, 0.15) is 25.3 Å². The smallest absolute Gasteiger partial charge is 0.223 e. The van der Waals surface area contributed by atoms with Gasteiger partial charge in [0, 0.05) is 16.0 Å². The normalized spacial score (nSPS) is 13.1. The molecule has 1 unspecified atom stereocenters. The molecule has 112 valence electrons. The van der Waals surface area contributed by atoms with E-state index in [1.54, 1.807) is 37.0 Å². The van der Waals surface area contributed by atoms with Crippen LogP contribution in [0.3, 0.4) is 0 Å². The van der Waals surface area contributed by atoms with E-state index >= 15 is 0 Å². The molecule has 7 heteroatoms. The molecule has 5 nitrogen and oxygen atoms in total. The van der Waals surface area contributed by atoms with Gasteiger partial charge in [-0.2, -0.15) is 5.10 Å². The molecule has 0 saturated carbocycles. The van der Waals surface area contributed by atoms with Gasteiger partial charge in [-0.3, -0.25) is 9.48 Å². The number of carbonyl (C=O) groups excluding carboxylic acids is 1. The Labute approximate surface area is 133 Å². The van der Waals surface area contributed by atoms with Gasteiger partial charge in [-0.15, -0.1) is 0 Å². The maximum Gasteiger partial charge on any atom is 0.223 e. The molecule has 0 radical (unpaired) electrons. The molecule has 2 aromatic rings. The largest absolute Gasteiger partial charge is 0.369 e. The minimum atomic E-state index is -0.802. The standard InChI is InChI=1S/C14H16Cl2N4O/c1-14(2,13(17)21)11(6-20-8-18-7-19-20)10-4-3-9(15)5-12(10)16/h3-5,7-8,11H,6H2,1-2H3,(H2,17,21). The summed E-state index contributed by atoms with van der Waals surface area (Å²) >= 11 is 12.2. The third-order valence-corrected chi connectivity index (χ3v) is 4.24. The van der Waals surface area contributed by atoms with Gasteiger partial charge in [-0.25, -0.2) is 4.98 Å². The minimum Gasteiger partial charge on any atom is -0.369 e. The molecule has 0 bridgehead atoms. The molecule has 0 saturated heterocycles. The van der Waals surface area contributed by atoms with Crippen LogP contribution in [0, 0.1) is 5.41 Å². The first-order chi connectivity index (χ1) is 9.82. The number of rotatable bonds is 5. The van der Waals surface area contributed by atoms with Gasteiger partial charge >= 0.3 is 0 Å². The summed E-state index contributed by atoms with van der Waals surface area (Å²) < 4.78 is 1.65. The van der Waals surface area contributed by atoms with Gasteiger partial charge in [0.1, 0.15) is 12.7 Å². The molecule has 0 aliphatic heterocycles. The molecule has 2 N–H and O–H groups in total. The Hall–Kier alpha value is -1.59. The lowest BCUT2D eigenvalue weighted by Gasteiger charge is -2.32. The molecular weight excluding hydrogens is 311 g/mol. The molecule has 1 heterocycles. The van der Waals surface area contributed by atoms with Crippen LogP contribution in [0.5, 0.6) is 0 Å². The van der Waals surface area contributed by atoms with E-state index < -0.39 is 11.3 Å². The van der Waals surface area contributed by atoms with Crippen molar-refractivity contribution in [2.45, 2.75) is 26.3 Å². The monoisotopic (exact) mass is 326 g/mol. The predicted octanol–water partition coefficient (Wildman–Crippen LogP) is 2.88. The fourth-order valence-electron chi connectivity index (χ4n) is 2.19. The van der Waals surface area contributed by atoms with Crippen LogP contribution < -0.4 is 5.73 Å². The summed E-state index contributed by atoms with van der Waals surface area (Å²) in [4.78, 5) is 15.8. The van der Waals surface area contributed by atoms with E-state index in [4.69, 9.17) is 28.9 Å². The summed E-state index contributed by atoms with van der Waals surface area (Å²) in [5, 5.41) is 5.13. The fourth-order valence-corrected chi connectivity index (χ4v) is 2.73. The molecule has 21 heavy (non-hydrogen) atoms. The van der Waals surface area contributed by atoms with Crippen molar-refractivity contribution >= 4 is 29.1 Å². The van der Waals surface area contributed by atoms with E-state index in [1.807, 2.05) is 6.07 Å². The van der Waals surface area contributed by atoms with Crippen molar-refractivity contribution in [1.82, 2.24) is 14.8 Å². The highest BCUT2D eigenvalue weighted by molar-refractivity contribution is 6.35. The number of amides is 1. The SMILES string of the molecule is CC(C)(C(N)=O)C(Cn1cncn1)c1ccc(Cl)cc1Cl.